The second kappa shape index (κ2) is 5.73. The van der Waals surface area contributed by atoms with E-state index in [9.17, 15) is 13.2 Å². The van der Waals surface area contributed by atoms with Gasteiger partial charge in [-0.2, -0.15) is 18.3 Å². The Balaban J connectivity index is 1.79. The average molecular weight is 440 g/mol. The molecule has 24 heavy (non-hydrogen) atoms. The van der Waals surface area contributed by atoms with Crippen LogP contribution in [0.3, 0.4) is 0 Å². The molecule has 1 aliphatic rings. The van der Waals surface area contributed by atoms with Gasteiger partial charge < -0.3 is 0 Å². The summed E-state index contributed by atoms with van der Waals surface area (Å²) in [6.45, 7) is 0. The number of fused-ring (bicyclic) bond motifs is 1. The maximum Gasteiger partial charge on any atom is 0.405 e. The summed E-state index contributed by atoms with van der Waals surface area (Å²) in [5.74, 6) is 0. The van der Waals surface area contributed by atoms with Gasteiger partial charge in [0.1, 0.15) is 0 Å². The molecule has 3 nitrogen and oxygen atoms in total. The lowest BCUT2D eigenvalue weighted by molar-refractivity contribution is -0.483. The number of rotatable bonds is 2. The minimum Gasteiger partial charge on any atom is -0.271 e. The Kier molecular flexibility index (Phi) is 3.67. The van der Waals surface area contributed by atoms with Crippen LogP contribution >= 0.6 is 20.7 Å². The first-order valence-electron chi connectivity index (χ1n) is 7.05. The highest BCUT2D eigenvalue weighted by atomic mass is 127. The van der Waals surface area contributed by atoms with E-state index in [0.717, 1.165) is 17.2 Å². The molecule has 4 rings (SSSR count). The topological polar surface area (TPSA) is 39.9 Å². The summed E-state index contributed by atoms with van der Waals surface area (Å²) >= 11 is -0.173. The fourth-order valence-electron chi connectivity index (χ4n) is 2.50. The molecule has 0 fully saturated rings. The summed E-state index contributed by atoms with van der Waals surface area (Å²) in [5.41, 5.74) is 1.80. The van der Waals surface area contributed by atoms with Crippen LogP contribution in [-0.4, -0.2) is 10.1 Å². The van der Waals surface area contributed by atoms with E-state index < -0.39 is 11.9 Å². The number of hydrogen-bond acceptors (Lipinski definition) is 2. The van der Waals surface area contributed by atoms with Gasteiger partial charge in [0, 0.05) is 56.5 Å². The van der Waals surface area contributed by atoms with Gasteiger partial charge in [-0.1, -0.05) is 6.07 Å². The number of pyridine rings is 1. The van der Waals surface area contributed by atoms with Gasteiger partial charge in [-0.3, -0.25) is 4.98 Å². The molecule has 1 N–H and O–H groups in total. The van der Waals surface area contributed by atoms with Gasteiger partial charge in [0.2, 0.25) is 0 Å². The van der Waals surface area contributed by atoms with Crippen LogP contribution in [0.1, 0.15) is 11.3 Å². The van der Waals surface area contributed by atoms with Crippen molar-refractivity contribution in [1.29, 1.82) is 0 Å². The second-order valence-electron chi connectivity index (χ2n) is 5.21. The molecular weight excluding hydrogens is 430 g/mol. The fourth-order valence-corrected chi connectivity index (χ4v) is 5.06. The summed E-state index contributed by atoms with van der Waals surface area (Å²) in [4.78, 5) is 4.16. The normalized spacial score (nSPS) is 13.7. The van der Waals surface area contributed by atoms with Crippen LogP contribution in [0.15, 0.2) is 48.7 Å². The number of nitrogens with zero attached hydrogens (tertiary/aromatic N) is 2. The molecule has 0 amide bonds. The van der Waals surface area contributed by atoms with Crippen molar-refractivity contribution in [2.45, 2.75) is 6.18 Å². The van der Waals surface area contributed by atoms with Gasteiger partial charge in [0.15, 0.2) is 11.3 Å². The first kappa shape index (κ1) is 15.4. The number of aromatic amines is 1. The zero-order valence-corrected chi connectivity index (χ0v) is 14.3. The van der Waals surface area contributed by atoms with E-state index in [1.807, 2.05) is 23.3 Å². The van der Waals surface area contributed by atoms with Gasteiger partial charge in [-0.25, -0.2) is 0 Å². The molecule has 120 valence electrons. The number of halogens is 4. The van der Waals surface area contributed by atoms with Gasteiger partial charge in [0.25, 0.3) is 0 Å². The third-order valence-electron chi connectivity index (χ3n) is 3.66. The van der Waals surface area contributed by atoms with E-state index in [-0.39, 0.29) is 26.4 Å². The van der Waals surface area contributed by atoms with Crippen LogP contribution in [0.4, 0.5) is 13.2 Å². The largest absolute Gasteiger partial charge is 0.405 e. The van der Waals surface area contributed by atoms with Crippen molar-refractivity contribution in [3.63, 3.8) is 0 Å². The van der Waals surface area contributed by atoms with Crippen molar-refractivity contribution in [3.8, 4) is 11.4 Å². The first-order chi connectivity index (χ1) is 11.5. The minimum atomic E-state index is -4.44. The molecule has 7 heteroatoms. The van der Waals surface area contributed by atoms with E-state index in [2.05, 4.69) is 26.6 Å². The zero-order valence-electron chi connectivity index (χ0n) is 12.1. The highest BCUT2D eigenvalue weighted by Gasteiger charge is 2.31. The molecule has 0 saturated heterocycles. The zero-order chi connectivity index (χ0) is 16.7. The van der Waals surface area contributed by atoms with Crippen LogP contribution < -0.4 is 10.3 Å². The van der Waals surface area contributed by atoms with Crippen LogP contribution in [0.25, 0.3) is 17.0 Å². The van der Waals surface area contributed by atoms with Gasteiger partial charge in [-0.05, 0) is 12.1 Å². The van der Waals surface area contributed by atoms with Crippen LogP contribution in [0.2, 0.25) is 0 Å². The third kappa shape index (κ3) is 2.72. The van der Waals surface area contributed by atoms with Crippen molar-refractivity contribution < 1.29 is 18.3 Å². The standard InChI is InChI=1S/C17H10F3IN3/c18-17(19,20)16-8-15(23-24-16)14-7-10(5-6-22-14)12-9-21-13-4-2-1-3-11(12)13/h1-9,24H/q+1. The molecule has 1 aliphatic heterocycles. The van der Waals surface area contributed by atoms with Crippen LogP contribution in [0.5, 0.6) is 0 Å². The lowest BCUT2D eigenvalue weighted by atomic mass is 10.0. The molecule has 0 saturated carbocycles. The number of aromatic nitrogens is 3. The van der Waals surface area contributed by atoms with Gasteiger partial charge >= 0.3 is 6.18 Å². The van der Waals surface area contributed by atoms with E-state index in [1.54, 1.807) is 12.3 Å². The molecule has 0 radical (unpaired) electrons. The number of benzene rings is 1. The van der Waals surface area contributed by atoms with E-state index in [0.29, 0.717) is 5.69 Å². The Morgan fingerprint density at radius 3 is 2.75 bits per heavy atom. The SMILES string of the molecule is FC(F)(F)[c-]1cc(-c2cc(C3=c4ccccc4=I[CH+]3)ccn2)n[nH+]1. The fraction of sp³-hybridized carbons (Fsp3) is 0.0588. The Hall–Kier alpha value is -2.16. The summed E-state index contributed by atoms with van der Waals surface area (Å²) in [7, 11) is 0. The van der Waals surface area contributed by atoms with Gasteiger partial charge in [0.05, 0.1) is 18.4 Å². The number of H-pyrrole nitrogens is 1. The molecule has 0 unspecified atom stereocenters. The second-order valence-corrected chi connectivity index (χ2v) is 7.61. The predicted molar refractivity (Wildman–Crippen MR) is 90.4 cm³/mol. The van der Waals surface area contributed by atoms with Crippen molar-refractivity contribution in [3.05, 3.63) is 72.7 Å². The first-order valence-corrected chi connectivity index (χ1v) is 9.37. The highest BCUT2D eigenvalue weighted by molar-refractivity contribution is 14.2. The minimum absolute atomic E-state index is 0.173. The molecule has 3 heterocycles. The van der Waals surface area contributed by atoms with E-state index in [4.69, 9.17) is 0 Å². The Morgan fingerprint density at radius 1 is 1.12 bits per heavy atom. The smallest absolute Gasteiger partial charge is 0.271 e. The molecule has 2 aromatic heterocycles. The Bertz CT molecular complexity index is 1040. The maximum absolute atomic E-state index is 12.7. The summed E-state index contributed by atoms with van der Waals surface area (Å²) in [6, 6.07) is 12.9. The van der Waals surface area contributed by atoms with Crippen molar-refractivity contribution in [2.24, 2.45) is 0 Å². The monoisotopic (exact) mass is 440 g/mol. The lowest BCUT2D eigenvalue weighted by Crippen LogP contribution is -2.18. The van der Waals surface area contributed by atoms with Crippen molar-refractivity contribution in [2.75, 3.05) is 0 Å². The lowest BCUT2D eigenvalue weighted by Gasteiger charge is -2.02. The molecule has 0 aliphatic carbocycles. The number of hydrogen-bond donors (Lipinski definition) is 0. The predicted octanol–water partition coefficient (Wildman–Crippen LogP) is 3.29. The number of nitrogens with one attached hydrogen (secondary N) is 1. The van der Waals surface area contributed by atoms with E-state index >= 15 is 0 Å². The van der Waals surface area contributed by atoms with Crippen LogP contribution in [0, 0.1) is 7.58 Å². The molecule has 3 aromatic rings. The molecule has 0 atom stereocenters. The summed E-state index contributed by atoms with van der Waals surface area (Å²) in [6.07, 6.45) is -2.84. The molecular formula is C17H10F3IN3+. The Labute approximate surface area is 145 Å². The summed E-state index contributed by atoms with van der Waals surface area (Å²) in [5, 5.41) is 6.96. The van der Waals surface area contributed by atoms with E-state index in [1.165, 1.54) is 8.37 Å². The van der Waals surface area contributed by atoms with Crippen LogP contribution in [-0.2, 0) is 6.18 Å². The molecule has 0 bridgehead atoms. The van der Waals surface area contributed by atoms with Crippen molar-refractivity contribution in [1.82, 2.24) is 10.1 Å². The maximum atomic E-state index is 12.7. The highest BCUT2D eigenvalue weighted by Crippen LogP contribution is 2.30. The van der Waals surface area contributed by atoms with Crippen molar-refractivity contribution >= 4 is 26.3 Å². The quantitative estimate of drug-likeness (QED) is 0.454. The number of alkyl halides is 3. The van der Waals surface area contributed by atoms with Gasteiger partial charge in [-0.15, -0.1) is 11.2 Å². The average Bonchev–Trinajstić information content (AvgIpc) is 3.22. The third-order valence-corrected chi connectivity index (χ3v) is 6.21. The Morgan fingerprint density at radius 2 is 1.96 bits per heavy atom. The molecule has 1 aromatic carbocycles. The summed E-state index contributed by atoms with van der Waals surface area (Å²) < 4.78 is 41.7. The molecule has 0 spiro atoms.